The van der Waals surface area contributed by atoms with Crippen molar-refractivity contribution >= 4 is 56.5 Å². The normalized spacial score (nSPS) is 22.6. The SMILES string of the molecule is CCc1cccc2cc(O)cc(-c3ncc4c(N5CC6CCC(C5)N6)nc(OCCN5CCC(CN6CC7(C6)CN(c6cc(C(C(=O)N8C[C@H](O)C[C@H]8C(=O)NC(C)c8ccc(-c9scnc9C)cc8)C(C)C)on6)C7)CC5)nc4c3F)c12. The average molecular weight is 1150 g/mol. The van der Waals surface area contributed by atoms with Gasteiger partial charge in [-0.1, -0.05) is 68.4 Å². The second-order valence-corrected chi connectivity index (χ2v) is 25.8. The molecule has 13 rings (SSSR count). The lowest BCUT2D eigenvalue weighted by Crippen LogP contribution is -2.72. The van der Waals surface area contributed by atoms with Gasteiger partial charge in [-0.25, -0.2) is 9.37 Å². The first kappa shape index (κ1) is 55.4. The third-order valence-electron chi connectivity index (χ3n) is 18.6. The van der Waals surface area contributed by atoms with Crippen molar-refractivity contribution < 1.29 is 33.5 Å². The van der Waals surface area contributed by atoms with E-state index in [1.165, 1.54) is 4.90 Å². The fraction of sp³-hybridized carbons (Fsp3) is 0.508. The first-order valence-corrected chi connectivity index (χ1v) is 30.7. The van der Waals surface area contributed by atoms with Gasteiger partial charge in [-0.3, -0.25) is 19.5 Å². The topological polar surface area (TPSA) is 202 Å². The standard InChI is InChI=1S/C63H75FN12O6S/c1-6-40-8-7-9-43-22-46(77)23-48(54(40)43)56-55(64)57-49(26-65-56)59(74-28-44-14-15-45(29-74)68-44)70-62(69-57)81-21-20-72-18-16-39(17-19-72)27-73-31-63(32-73)33-75(34-63)52-25-51(82-71-52)53(36(2)3)61(80)76-30-47(78)24-50(76)60(79)67-37(4)41-10-12-42(13-11-41)58-38(5)66-35-83-58/h7-13,22-23,25-26,35-37,39,44-45,47,50,53,68,77-78H,6,14-21,24,27-34H2,1-5H3,(H,67,79)/t37?,44?,45?,47-,50+,53?/m1/s1. The number of pyridine rings is 1. The molecule has 4 unspecified atom stereocenters. The highest BCUT2D eigenvalue weighted by Gasteiger charge is 2.53. The first-order chi connectivity index (χ1) is 40.2. The number of aryl methyl sites for hydroxylation is 2. The van der Waals surface area contributed by atoms with Crippen LogP contribution in [0, 0.1) is 30.0 Å². The quantitative estimate of drug-likeness (QED) is 0.0681. The molecule has 1 spiro atoms. The molecule has 6 atom stereocenters. The summed E-state index contributed by atoms with van der Waals surface area (Å²) in [5.74, 6) is 0.591. The number of piperazine rings is 1. The number of carbonyl (C=O) groups is 2. The lowest BCUT2D eigenvalue weighted by atomic mass is 9.72. The molecular weight excluding hydrogens is 1070 g/mol. The summed E-state index contributed by atoms with van der Waals surface area (Å²) in [7, 11) is 0. The summed E-state index contributed by atoms with van der Waals surface area (Å²) in [5, 5.41) is 35.1. The number of thiazole rings is 1. The van der Waals surface area contributed by atoms with E-state index in [2.05, 4.69) is 47.3 Å². The number of hydrogen-bond acceptors (Lipinski definition) is 17. The van der Waals surface area contributed by atoms with Gasteiger partial charge in [-0.2, -0.15) is 9.97 Å². The molecule has 0 saturated carbocycles. The summed E-state index contributed by atoms with van der Waals surface area (Å²) in [4.78, 5) is 59.2. The Kier molecular flexibility index (Phi) is 15.1. The Morgan fingerprint density at radius 3 is 2.43 bits per heavy atom. The molecule has 6 fully saturated rings. The Balaban J connectivity index is 0.589. The van der Waals surface area contributed by atoms with Crippen LogP contribution >= 0.6 is 11.3 Å². The number of fused-ring (bicyclic) bond motifs is 4. The molecule has 436 valence electrons. The molecule has 4 N–H and O–H groups in total. The molecule has 6 aliphatic heterocycles. The maximum atomic E-state index is 17.1. The minimum atomic E-state index is -0.812. The first-order valence-electron chi connectivity index (χ1n) is 29.9. The molecule has 10 heterocycles. The number of halogens is 1. The Morgan fingerprint density at radius 1 is 0.940 bits per heavy atom. The van der Waals surface area contributed by atoms with E-state index >= 15 is 4.39 Å². The number of phenolic OH excluding ortho intramolecular Hbond substituents is 1. The van der Waals surface area contributed by atoms with Gasteiger partial charge < -0.3 is 49.7 Å². The van der Waals surface area contributed by atoms with Gasteiger partial charge in [0.15, 0.2) is 17.4 Å². The van der Waals surface area contributed by atoms with Crippen LogP contribution in [0.4, 0.5) is 16.0 Å². The summed E-state index contributed by atoms with van der Waals surface area (Å²) < 4.78 is 29.4. The number of nitrogens with one attached hydrogen (secondary N) is 2. The van der Waals surface area contributed by atoms with Crippen molar-refractivity contribution in [2.24, 2.45) is 17.3 Å². The van der Waals surface area contributed by atoms with E-state index in [-0.39, 0.29) is 65.1 Å². The fourth-order valence-corrected chi connectivity index (χ4v) is 15.1. The number of nitrogens with zero attached hydrogens (tertiary/aromatic N) is 10. The van der Waals surface area contributed by atoms with Crippen LogP contribution in [-0.4, -0.2) is 165 Å². The number of amides is 2. The van der Waals surface area contributed by atoms with Crippen molar-refractivity contribution in [3.8, 4) is 33.5 Å². The molecule has 20 heteroatoms. The molecule has 2 bridgehead atoms. The van der Waals surface area contributed by atoms with Gasteiger partial charge in [-0.05, 0) is 110 Å². The zero-order valence-electron chi connectivity index (χ0n) is 48.1. The van der Waals surface area contributed by atoms with Gasteiger partial charge in [0.1, 0.15) is 41.3 Å². The predicted molar refractivity (Wildman–Crippen MR) is 318 cm³/mol. The molecular formula is C63H75FN12O6S. The van der Waals surface area contributed by atoms with Gasteiger partial charge in [-0.15, -0.1) is 11.3 Å². The summed E-state index contributed by atoms with van der Waals surface area (Å²) in [6.07, 6.45) is 6.17. The highest BCUT2D eigenvalue weighted by molar-refractivity contribution is 7.13. The third kappa shape index (κ3) is 10.9. The molecule has 4 aromatic heterocycles. The molecule has 3 aromatic carbocycles. The van der Waals surface area contributed by atoms with Gasteiger partial charge >= 0.3 is 6.01 Å². The van der Waals surface area contributed by atoms with Crippen LogP contribution in [0.25, 0.3) is 43.4 Å². The highest BCUT2D eigenvalue weighted by atomic mass is 32.1. The maximum Gasteiger partial charge on any atom is 0.319 e. The van der Waals surface area contributed by atoms with Gasteiger partial charge in [0.25, 0.3) is 0 Å². The zero-order chi connectivity index (χ0) is 57.3. The van der Waals surface area contributed by atoms with E-state index in [4.69, 9.17) is 24.2 Å². The number of carbonyl (C=O) groups excluding carboxylic acids is 2. The molecule has 2 amide bonds. The van der Waals surface area contributed by atoms with Crippen molar-refractivity contribution in [3.05, 3.63) is 101 Å². The van der Waals surface area contributed by atoms with E-state index in [1.807, 2.05) is 81.7 Å². The van der Waals surface area contributed by atoms with Gasteiger partial charge in [0, 0.05) is 101 Å². The van der Waals surface area contributed by atoms with Crippen molar-refractivity contribution in [2.45, 2.75) is 109 Å². The van der Waals surface area contributed by atoms with Crippen LogP contribution in [0.15, 0.2) is 76.9 Å². The van der Waals surface area contributed by atoms with Crippen LogP contribution in [0.3, 0.4) is 0 Å². The Labute approximate surface area is 487 Å². The number of aromatic hydroxyl groups is 1. The Bertz CT molecular complexity index is 3530. The number of benzene rings is 3. The lowest BCUT2D eigenvalue weighted by Gasteiger charge is -2.61. The van der Waals surface area contributed by atoms with Gasteiger partial charge in [0.2, 0.25) is 11.8 Å². The van der Waals surface area contributed by atoms with Crippen LogP contribution in [-0.2, 0) is 16.0 Å². The van der Waals surface area contributed by atoms with Crippen LogP contribution < -0.4 is 25.2 Å². The van der Waals surface area contributed by atoms with Crippen molar-refractivity contribution in [3.63, 3.8) is 0 Å². The Morgan fingerprint density at radius 2 is 1.71 bits per heavy atom. The minimum absolute atomic E-state index is 0.0480. The monoisotopic (exact) mass is 1150 g/mol. The second kappa shape index (κ2) is 22.6. The number of aromatic nitrogens is 5. The van der Waals surface area contributed by atoms with Gasteiger partial charge in [0.05, 0.1) is 33.6 Å². The van der Waals surface area contributed by atoms with Crippen molar-refractivity contribution in [2.75, 3.05) is 88.4 Å². The van der Waals surface area contributed by atoms with Crippen molar-refractivity contribution in [1.29, 1.82) is 0 Å². The van der Waals surface area contributed by atoms with Crippen LogP contribution in [0.1, 0.15) is 94.3 Å². The van der Waals surface area contributed by atoms with Crippen LogP contribution in [0.2, 0.25) is 0 Å². The van der Waals surface area contributed by atoms with E-state index in [0.717, 1.165) is 135 Å². The second-order valence-electron chi connectivity index (χ2n) is 24.9. The predicted octanol–water partition coefficient (Wildman–Crippen LogP) is 8.10. The molecule has 7 aromatic rings. The molecule has 6 saturated heterocycles. The number of hydrogen-bond donors (Lipinski definition) is 4. The number of rotatable bonds is 17. The molecule has 83 heavy (non-hydrogen) atoms. The number of aliphatic hydroxyl groups is 1. The molecule has 0 aliphatic carbocycles. The number of ether oxygens (including phenoxy) is 1. The fourth-order valence-electron chi connectivity index (χ4n) is 14.3. The molecule has 0 radical (unpaired) electrons. The smallest absolute Gasteiger partial charge is 0.319 e. The largest absolute Gasteiger partial charge is 0.508 e. The average Bonchev–Trinajstić information content (AvgIpc) is 4.49. The number of likely N-dealkylation sites (tertiary alicyclic amines) is 3. The number of anilines is 2. The third-order valence-corrected chi connectivity index (χ3v) is 19.6. The number of piperidine rings is 1. The Hall–Kier alpha value is -6.84. The van der Waals surface area contributed by atoms with Crippen molar-refractivity contribution in [1.82, 2.24) is 50.4 Å². The van der Waals surface area contributed by atoms with E-state index < -0.39 is 23.9 Å². The van der Waals surface area contributed by atoms with E-state index in [9.17, 15) is 19.8 Å². The summed E-state index contributed by atoms with van der Waals surface area (Å²) >= 11 is 1.60. The molecule has 18 nitrogen and oxygen atoms in total. The summed E-state index contributed by atoms with van der Waals surface area (Å²) in [6.45, 7) is 19.5. The van der Waals surface area contributed by atoms with Crippen LogP contribution in [0.5, 0.6) is 11.8 Å². The summed E-state index contributed by atoms with van der Waals surface area (Å²) in [6, 6.07) is 18.9. The highest BCUT2D eigenvalue weighted by Crippen LogP contribution is 2.44. The molecule has 6 aliphatic rings. The van der Waals surface area contributed by atoms with E-state index in [1.54, 1.807) is 29.7 Å². The number of β-amino-alcohol motifs (C(OH)–C–C–N with tert-alkyl or cyclic N) is 1. The number of aliphatic hydroxyl groups excluding tert-OH is 1. The van der Waals surface area contributed by atoms with E-state index in [0.29, 0.717) is 53.7 Å². The summed E-state index contributed by atoms with van der Waals surface area (Å²) in [5.41, 5.74) is 6.93. The maximum absolute atomic E-state index is 17.1. The zero-order valence-corrected chi connectivity index (χ0v) is 48.9. The number of phenols is 1. The lowest BCUT2D eigenvalue weighted by molar-refractivity contribution is -0.141. The minimum Gasteiger partial charge on any atom is -0.508 e.